The second-order valence-electron chi connectivity index (χ2n) is 3.75. The van der Waals surface area contributed by atoms with Crippen LogP contribution in [-0.4, -0.2) is 6.54 Å². The smallest absolute Gasteiger partial charge is 0.130 e. The molecule has 2 nitrogen and oxygen atoms in total. The Bertz CT molecular complexity index is 485. The third kappa shape index (κ3) is 3.29. The number of benzene rings is 2. The molecule has 0 unspecified atom stereocenters. The van der Waals surface area contributed by atoms with E-state index in [1.807, 2.05) is 36.4 Å². The second kappa shape index (κ2) is 5.46. The fourth-order valence-electron chi connectivity index (χ4n) is 1.62. The van der Waals surface area contributed by atoms with Crippen molar-refractivity contribution in [1.82, 2.24) is 0 Å². The van der Waals surface area contributed by atoms with Crippen LogP contribution in [0.2, 0.25) is 0 Å². The summed E-state index contributed by atoms with van der Waals surface area (Å²) in [4.78, 5) is 0. The number of nitrogens with two attached hydrogens (primary N) is 1. The van der Waals surface area contributed by atoms with Gasteiger partial charge in [0.25, 0.3) is 0 Å². The summed E-state index contributed by atoms with van der Waals surface area (Å²) in [5.41, 5.74) is 6.30. The molecule has 0 fully saturated rings. The third-order valence-corrected chi connectivity index (χ3v) is 2.34. The molecule has 0 bridgehead atoms. The van der Waals surface area contributed by atoms with Crippen molar-refractivity contribution < 1.29 is 9.13 Å². The Labute approximate surface area is 99.8 Å². The number of para-hydroxylation sites is 1. The fraction of sp³-hybridized carbons (Fsp3) is 0.143. The first-order valence-electron chi connectivity index (χ1n) is 5.50. The summed E-state index contributed by atoms with van der Waals surface area (Å²) >= 11 is 0. The summed E-state index contributed by atoms with van der Waals surface area (Å²) in [5, 5.41) is 0. The number of rotatable bonds is 4. The topological polar surface area (TPSA) is 35.2 Å². The van der Waals surface area contributed by atoms with Gasteiger partial charge in [-0.2, -0.15) is 0 Å². The first-order valence-corrected chi connectivity index (χ1v) is 5.50. The first-order chi connectivity index (χ1) is 8.28. The predicted molar refractivity (Wildman–Crippen MR) is 65.7 cm³/mol. The SMILES string of the molecule is NCCc1cc(F)cc(Oc2ccccc2)c1. The summed E-state index contributed by atoms with van der Waals surface area (Å²) in [6.07, 6.45) is 0.642. The van der Waals surface area contributed by atoms with Gasteiger partial charge in [0.05, 0.1) is 0 Å². The van der Waals surface area contributed by atoms with Crippen molar-refractivity contribution in [3.8, 4) is 11.5 Å². The van der Waals surface area contributed by atoms with Crippen molar-refractivity contribution in [1.29, 1.82) is 0 Å². The predicted octanol–water partition coefficient (Wildman–Crippen LogP) is 3.12. The minimum atomic E-state index is -0.304. The van der Waals surface area contributed by atoms with Gasteiger partial charge in [-0.05, 0) is 42.8 Å². The van der Waals surface area contributed by atoms with E-state index < -0.39 is 0 Å². The molecular formula is C14H14FNO. The van der Waals surface area contributed by atoms with E-state index in [-0.39, 0.29) is 5.82 Å². The molecule has 2 N–H and O–H groups in total. The molecule has 88 valence electrons. The molecule has 0 atom stereocenters. The summed E-state index contributed by atoms with van der Waals surface area (Å²) in [6.45, 7) is 0.494. The quantitative estimate of drug-likeness (QED) is 0.877. The number of halogens is 1. The summed E-state index contributed by atoms with van der Waals surface area (Å²) in [7, 11) is 0. The highest BCUT2D eigenvalue weighted by atomic mass is 19.1. The van der Waals surface area contributed by atoms with Crippen LogP contribution < -0.4 is 10.5 Å². The normalized spacial score (nSPS) is 10.2. The minimum Gasteiger partial charge on any atom is -0.457 e. The lowest BCUT2D eigenvalue weighted by molar-refractivity contribution is 0.475. The Kier molecular flexibility index (Phi) is 3.73. The van der Waals surface area contributed by atoms with Crippen LogP contribution in [0, 0.1) is 5.82 Å². The summed E-state index contributed by atoms with van der Waals surface area (Å²) in [5.74, 6) is 0.887. The van der Waals surface area contributed by atoms with Crippen LogP contribution >= 0.6 is 0 Å². The molecule has 0 saturated carbocycles. The maximum absolute atomic E-state index is 13.3. The Morgan fingerprint density at radius 3 is 2.47 bits per heavy atom. The highest BCUT2D eigenvalue weighted by molar-refractivity contribution is 5.34. The van der Waals surface area contributed by atoms with Crippen molar-refractivity contribution in [2.75, 3.05) is 6.54 Å². The van der Waals surface area contributed by atoms with Crippen molar-refractivity contribution >= 4 is 0 Å². The maximum atomic E-state index is 13.3. The van der Waals surface area contributed by atoms with Gasteiger partial charge in [0.15, 0.2) is 0 Å². The molecule has 0 spiro atoms. The Morgan fingerprint density at radius 2 is 1.76 bits per heavy atom. The lowest BCUT2D eigenvalue weighted by Gasteiger charge is -2.07. The minimum absolute atomic E-state index is 0.304. The largest absolute Gasteiger partial charge is 0.457 e. The van der Waals surface area contributed by atoms with Gasteiger partial charge in [0.1, 0.15) is 17.3 Å². The van der Waals surface area contributed by atoms with Gasteiger partial charge < -0.3 is 10.5 Å². The van der Waals surface area contributed by atoms with Gasteiger partial charge in [-0.15, -0.1) is 0 Å². The van der Waals surface area contributed by atoms with Gasteiger partial charge in [-0.25, -0.2) is 4.39 Å². The van der Waals surface area contributed by atoms with E-state index >= 15 is 0 Å². The lowest BCUT2D eigenvalue weighted by atomic mass is 10.1. The van der Waals surface area contributed by atoms with Crippen molar-refractivity contribution in [3.05, 3.63) is 59.9 Å². The lowest BCUT2D eigenvalue weighted by Crippen LogP contribution is -2.03. The van der Waals surface area contributed by atoms with E-state index in [9.17, 15) is 4.39 Å². The number of ether oxygens (including phenoxy) is 1. The summed E-state index contributed by atoms with van der Waals surface area (Å²) < 4.78 is 18.9. The van der Waals surface area contributed by atoms with Crippen molar-refractivity contribution in [3.63, 3.8) is 0 Å². The molecule has 0 saturated heterocycles. The van der Waals surface area contributed by atoms with Crippen LogP contribution in [0.25, 0.3) is 0 Å². The Hall–Kier alpha value is -1.87. The average molecular weight is 231 g/mol. The highest BCUT2D eigenvalue weighted by Crippen LogP contribution is 2.23. The van der Waals surface area contributed by atoms with Crippen LogP contribution in [-0.2, 0) is 6.42 Å². The van der Waals surface area contributed by atoms with Crippen LogP contribution in [0.3, 0.4) is 0 Å². The van der Waals surface area contributed by atoms with Gasteiger partial charge in [-0.1, -0.05) is 18.2 Å². The monoisotopic (exact) mass is 231 g/mol. The Balaban J connectivity index is 2.21. The zero-order chi connectivity index (χ0) is 12.1. The molecule has 17 heavy (non-hydrogen) atoms. The van der Waals surface area contributed by atoms with Gasteiger partial charge >= 0.3 is 0 Å². The highest BCUT2D eigenvalue weighted by Gasteiger charge is 2.02. The van der Waals surface area contributed by atoms with Crippen molar-refractivity contribution in [2.45, 2.75) is 6.42 Å². The molecule has 3 heteroatoms. The fourth-order valence-corrected chi connectivity index (χ4v) is 1.62. The number of hydrogen-bond acceptors (Lipinski definition) is 2. The van der Waals surface area contributed by atoms with Gasteiger partial charge in [0, 0.05) is 6.07 Å². The first kappa shape index (κ1) is 11.6. The molecule has 2 rings (SSSR count). The van der Waals surface area contributed by atoms with E-state index in [1.54, 1.807) is 0 Å². The molecule has 2 aromatic carbocycles. The molecular weight excluding hydrogens is 217 g/mol. The zero-order valence-electron chi connectivity index (χ0n) is 9.40. The molecule has 0 radical (unpaired) electrons. The standard InChI is InChI=1S/C14H14FNO/c15-12-8-11(6-7-16)9-14(10-12)17-13-4-2-1-3-5-13/h1-5,8-10H,6-7,16H2. The van der Waals surface area contributed by atoms with Crippen LogP contribution in [0.15, 0.2) is 48.5 Å². The van der Waals surface area contributed by atoms with E-state index in [0.29, 0.717) is 24.5 Å². The average Bonchev–Trinajstić information content (AvgIpc) is 2.30. The molecule has 0 amide bonds. The molecule has 2 aromatic rings. The van der Waals surface area contributed by atoms with Crippen LogP contribution in [0.1, 0.15) is 5.56 Å². The number of hydrogen-bond donors (Lipinski definition) is 1. The maximum Gasteiger partial charge on any atom is 0.130 e. The van der Waals surface area contributed by atoms with Gasteiger partial charge in [0.2, 0.25) is 0 Å². The summed E-state index contributed by atoms with van der Waals surface area (Å²) in [6, 6.07) is 13.9. The van der Waals surface area contributed by atoms with E-state index in [1.165, 1.54) is 12.1 Å². The molecule has 0 aliphatic rings. The van der Waals surface area contributed by atoms with E-state index in [0.717, 1.165) is 5.56 Å². The van der Waals surface area contributed by atoms with Crippen LogP contribution in [0.5, 0.6) is 11.5 Å². The molecule has 0 aliphatic carbocycles. The Morgan fingerprint density at radius 1 is 1.00 bits per heavy atom. The van der Waals surface area contributed by atoms with E-state index in [2.05, 4.69) is 0 Å². The second-order valence-corrected chi connectivity index (χ2v) is 3.75. The third-order valence-electron chi connectivity index (χ3n) is 2.34. The molecule has 0 aliphatic heterocycles. The molecule has 0 heterocycles. The van der Waals surface area contributed by atoms with E-state index in [4.69, 9.17) is 10.5 Å². The van der Waals surface area contributed by atoms with Crippen LogP contribution in [0.4, 0.5) is 4.39 Å². The molecule has 0 aromatic heterocycles. The van der Waals surface area contributed by atoms with Gasteiger partial charge in [-0.3, -0.25) is 0 Å². The zero-order valence-corrected chi connectivity index (χ0v) is 9.40. The van der Waals surface area contributed by atoms with Crippen molar-refractivity contribution in [2.24, 2.45) is 5.73 Å².